The molecule has 0 bridgehead atoms. The minimum Gasteiger partial charge on any atom is -0.398 e. The number of carbonyl (C=O) groups excluding carboxylic acids is 4. The summed E-state index contributed by atoms with van der Waals surface area (Å²) in [6, 6.07) is 3.33. The molecule has 0 aromatic heterocycles. The maximum absolute atomic E-state index is 13.5. The van der Waals surface area contributed by atoms with Crippen LogP contribution in [0.3, 0.4) is 0 Å². The van der Waals surface area contributed by atoms with Crippen LogP contribution in [0.25, 0.3) is 0 Å². The zero-order valence-corrected chi connectivity index (χ0v) is 20.2. The van der Waals surface area contributed by atoms with Crippen LogP contribution in [0.1, 0.15) is 50.4 Å². The van der Waals surface area contributed by atoms with E-state index in [0.29, 0.717) is 25.1 Å². The van der Waals surface area contributed by atoms with Crippen molar-refractivity contribution in [3.63, 3.8) is 0 Å². The van der Waals surface area contributed by atoms with Gasteiger partial charge in [-0.15, -0.1) is 0 Å². The molecule has 1 aromatic rings. The van der Waals surface area contributed by atoms with Gasteiger partial charge < -0.3 is 26.4 Å². The molecule has 3 unspecified atom stereocenters. The SMILES string of the molecule is CC(C)(C)C(NC(=O)c1ccc(N)c(Cl)c1)C(=O)N1CCCC1C(=O)NC(C#N)CC(=O)CO. The van der Waals surface area contributed by atoms with Crippen LogP contribution in [0.15, 0.2) is 18.2 Å². The minimum absolute atomic E-state index is 0.217. The highest BCUT2D eigenvalue weighted by molar-refractivity contribution is 6.33. The van der Waals surface area contributed by atoms with Gasteiger partial charge in [-0.05, 0) is 36.5 Å². The van der Waals surface area contributed by atoms with E-state index in [1.807, 2.05) is 6.07 Å². The number of benzene rings is 1. The molecule has 5 N–H and O–H groups in total. The molecule has 0 saturated carbocycles. The summed E-state index contributed by atoms with van der Waals surface area (Å²) in [5.41, 5.74) is 5.58. The number of nitrogens with zero attached hydrogens (tertiary/aromatic N) is 2. The molecule has 1 fully saturated rings. The fourth-order valence-corrected chi connectivity index (χ4v) is 3.87. The highest BCUT2D eigenvalue weighted by Gasteiger charge is 2.42. The lowest BCUT2D eigenvalue weighted by Crippen LogP contribution is -2.58. The van der Waals surface area contributed by atoms with Crippen molar-refractivity contribution in [1.29, 1.82) is 5.26 Å². The Morgan fingerprint density at radius 1 is 1.29 bits per heavy atom. The number of likely N-dealkylation sites (tertiary alicyclic amines) is 1. The average Bonchev–Trinajstić information content (AvgIpc) is 3.27. The fourth-order valence-electron chi connectivity index (χ4n) is 3.69. The third-order valence-corrected chi connectivity index (χ3v) is 5.90. The van der Waals surface area contributed by atoms with Crippen LogP contribution in [0.5, 0.6) is 0 Å². The molecule has 0 aliphatic carbocycles. The molecule has 1 heterocycles. The summed E-state index contributed by atoms with van der Waals surface area (Å²) < 4.78 is 0. The number of anilines is 1. The lowest BCUT2D eigenvalue weighted by molar-refractivity contribution is -0.142. The van der Waals surface area contributed by atoms with Crippen molar-refractivity contribution in [2.75, 3.05) is 18.9 Å². The number of amides is 3. The summed E-state index contributed by atoms with van der Waals surface area (Å²) in [4.78, 5) is 52.1. The second-order valence-electron chi connectivity index (χ2n) is 9.29. The quantitative estimate of drug-likeness (QED) is 0.394. The van der Waals surface area contributed by atoms with Gasteiger partial charge in [-0.1, -0.05) is 32.4 Å². The maximum atomic E-state index is 13.5. The van der Waals surface area contributed by atoms with Crippen LogP contribution in [-0.4, -0.2) is 64.8 Å². The molecule has 34 heavy (non-hydrogen) atoms. The zero-order valence-electron chi connectivity index (χ0n) is 19.4. The number of Topliss-reactive ketones (excluding diaryl/α,β-unsaturated/α-hetero) is 1. The van der Waals surface area contributed by atoms with Gasteiger partial charge in [0.15, 0.2) is 5.78 Å². The molecule has 184 valence electrons. The van der Waals surface area contributed by atoms with E-state index < -0.39 is 53.7 Å². The van der Waals surface area contributed by atoms with Crippen molar-refractivity contribution < 1.29 is 24.3 Å². The summed E-state index contributed by atoms with van der Waals surface area (Å²) in [5.74, 6) is -2.08. The van der Waals surface area contributed by atoms with E-state index in [1.54, 1.807) is 20.8 Å². The largest absolute Gasteiger partial charge is 0.398 e. The number of aliphatic hydroxyl groups is 1. The number of carbonyl (C=O) groups is 4. The van der Waals surface area contributed by atoms with Crippen molar-refractivity contribution in [1.82, 2.24) is 15.5 Å². The molecule has 0 radical (unpaired) electrons. The van der Waals surface area contributed by atoms with E-state index in [2.05, 4.69) is 10.6 Å². The summed E-state index contributed by atoms with van der Waals surface area (Å²) >= 11 is 6.02. The number of ketones is 1. The lowest BCUT2D eigenvalue weighted by atomic mass is 9.85. The number of hydrogen-bond acceptors (Lipinski definition) is 7. The van der Waals surface area contributed by atoms with Crippen molar-refractivity contribution in [3.05, 3.63) is 28.8 Å². The summed E-state index contributed by atoms with van der Waals surface area (Å²) in [7, 11) is 0. The topological polar surface area (TPSA) is 166 Å². The molecule has 3 amide bonds. The lowest BCUT2D eigenvalue weighted by Gasteiger charge is -2.35. The van der Waals surface area contributed by atoms with Crippen molar-refractivity contribution in [3.8, 4) is 6.07 Å². The number of nitrogens with one attached hydrogen (secondary N) is 2. The fraction of sp³-hybridized carbons (Fsp3) is 0.522. The number of aliphatic hydroxyl groups excluding tert-OH is 1. The van der Waals surface area contributed by atoms with Gasteiger partial charge in [0, 0.05) is 18.5 Å². The highest BCUT2D eigenvalue weighted by atomic mass is 35.5. The minimum atomic E-state index is -1.11. The number of rotatable bonds is 8. The average molecular weight is 492 g/mol. The Bertz CT molecular complexity index is 1000. The van der Waals surface area contributed by atoms with E-state index in [-0.39, 0.29) is 17.0 Å². The predicted molar refractivity (Wildman–Crippen MR) is 126 cm³/mol. The normalized spacial score (nSPS) is 17.4. The molecule has 1 saturated heterocycles. The van der Waals surface area contributed by atoms with Gasteiger partial charge in [-0.2, -0.15) is 5.26 Å². The molecule has 1 aliphatic heterocycles. The first-order valence-corrected chi connectivity index (χ1v) is 11.3. The first kappa shape index (κ1) is 27.1. The van der Waals surface area contributed by atoms with Gasteiger partial charge in [-0.25, -0.2) is 0 Å². The van der Waals surface area contributed by atoms with Gasteiger partial charge in [0.05, 0.1) is 16.8 Å². The van der Waals surface area contributed by atoms with E-state index in [9.17, 15) is 24.4 Å². The standard InChI is InChI=1S/C23H30ClN5O5/c1-23(2,3)19(28-20(32)13-6-7-17(26)16(24)9-13)22(34)29-8-4-5-18(29)21(33)27-14(11-25)10-15(31)12-30/h6-7,9,14,18-19,30H,4-5,8,10,12,26H2,1-3H3,(H,27,33)(H,28,32). The Morgan fingerprint density at radius 2 is 1.97 bits per heavy atom. The smallest absolute Gasteiger partial charge is 0.252 e. The van der Waals surface area contributed by atoms with E-state index in [4.69, 9.17) is 22.4 Å². The summed E-state index contributed by atoms with van der Waals surface area (Å²) in [6.45, 7) is 4.96. The summed E-state index contributed by atoms with van der Waals surface area (Å²) in [6.07, 6.45) is 0.612. The first-order valence-electron chi connectivity index (χ1n) is 10.9. The molecule has 11 heteroatoms. The molecular weight excluding hydrogens is 462 g/mol. The Balaban J connectivity index is 2.19. The molecule has 10 nitrogen and oxygen atoms in total. The van der Waals surface area contributed by atoms with E-state index in [1.165, 1.54) is 23.1 Å². The molecule has 0 spiro atoms. The van der Waals surface area contributed by atoms with Crippen molar-refractivity contribution in [2.24, 2.45) is 5.41 Å². The first-order chi connectivity index (χ1) is 15.9. The molecule has 2 rings (SSSR count). The molecule has 1 aliphatic rings. The molecule has 3 atom stereocenters. The molecular formula is C23H30ClN5O5. The third-order valence-electron chi connectivity index (χ3n) is 5.57. The van der Waals surface area contributed by atoms with E-state index >= 15 is 0 Å². The van der Waals surface area contributed by atoms with Crippen LogP contribution >= 0.6 is 11.6 Å². The van der Waals surface area contributed by atoms with Crippen LogP contribution in [0, 0.1) is 16.7 Å². The highest BCUT2D eigenvalue weighted by Crippen LogP contribution is 2.27. The van der Waals surface area contributed by atoms with Gasteiger partial charge >= 0.3 is 0 Å². The number of nitrogens with two attached hydrogens (primary N) is 1. The van der Waals surface area contributed by atoms with Gasteiger partial charge in [-0.3, -0.25) is 19.2 Å². The predicted octanol–water partition coefficient (Wildman–Crippen LogP) is 1.02. The number of halogens is 1. The Hall–Kier alpha value is -3.16. The van der Waals surface area contributed by atoms with Gasteiger partial charge in [0.25, 0.3) is 5.91 Å². The number of nitriles is 1. The zero-order chi connectivity index (χ0) is 25.6. The second kappa shape index (κ2) is 11.3. The van der Waals surface area contributed by atoms with E-state index in [0.717, 1.165) is 0 Å². The maximum Gasteiger partial charge on any atom is 0.252 e. The Labute approximate surface area is 203 Å². The number of hydrogen-bond donors (Lipinski definition) is 4. The van der Waals surface area contributed by atoms with Crippen molar-refractivity contribution in [2.45, 2.75) is 58.2 Å². The van der Waals surface area contributed by atoms with Crippen LogP contribution in [0.4, 0.5) is 5.69 Å². The Morgan fingerprint density at radius 3 is 2.53 bits per heavy atom. The molecule has 1 aromatic carbocycles. The van der Waals surface area contributed by atoms with Gasteiger partial charge in [0.1, 0.15) is 24.7 Å². The van der Waals surface area contributed by atoms with Crippen LogP contribution in [0.2, 0.25) is 5.02 Å². The van der Waals surface area contributed by atoms with Gasteiger partial charge in [0.2, 0.25) is 11.8 Å². The van der Waals surface area contributed by atoms with Crippen LogP contribution in [-0.2, 0) is 14.4 Å². The van der Waals surface area contributed by atoms with Crippen LogP contribution < -0.4 is 16.4 Å². The number of nitrogen functional groups attached to an aromatic ring is 1. The summed E-state index contributed by atoms with van der Waals surface area (Å²) in [5, 5.41) is 23.6. The Kier molecular flexibility index (Phi) is 9.01. The monoisotopic (exact) mass is 491 g/mol. The van der Waals surface area contributed by atoms with Crippen molar-refractivity contribution >= 4 is 40.8 Å². The third kappa shape index (κ3) is 6.68. The second-order valence-corrected chi connectivity index (χ2v) is 9.70.